The molecule has 3 aromatic carbocycles. The van der Waals surface area contributed by atoms with Crippen molar-refractivity contribution in [1.29, 1.82) is 0 Å². The minimum Gasteiger partial charge on any atom is -0.320 e. The molecule has 0 unspecified atom stereocenters. The minimum absolute atomic E-state index is 0.196. The molecule has 0 N–H and O–H groups in total. The van der Waals surface area contributed by atoms with Crippen molar-refractivity contribution >= 4 is 23.2 Å². The lowest BCUT2D eigenvalue weighted by Gasteiger charge is -2.08. The van der Waals surface area contributed by atoms with Crippen LogP contribution in [-0.4, -0.2) is 9.55 Å². The van der Waals surface area contributed by atoms with E-state index in [0.717, 1.165) is 22.4 Å². The number of fused-ring (bicyclic) bond motifs is 1. The molecule has 1 aromatic heterocycles. The summed E-state index contributed by atoms with van der Waals surface area (Å²) in [5, 5.41) is 0. The van der Waals surface area contributed by atoms with Crippen molar-refractivity contribution in [3.8, 4) is 0 Å². The summed E-state index contributed by atoms with van der Waals surface area (Å²) in [6.45, 7) is 0.446. The summed E-state index contributed by atoms with van der Waals surface area (Å²) in [5.41, 5.74) is 3.66. The van der Waals surface area contributed by atoms with Crippen LogP contribution in [0.5, 0.6) is 0 Å². The van der Waals surface area contributed by atoms with E-state index in [9.17, 15) is 4.39 Å². The molecule has 0 bridgehead atoms. The maximum absolute atomic E-state index is 14.1. The van der Waals surface area contributed by atoms with Crippen molar-refractivity contribution < 1.29 is 4.39 Å². The van der Waals surface area contributed by atoms with Crippen LogP contribution in [0, 0.1) is 5.82 Å². The van der Waals surface area contributed by atoms with Crippen molar-refractivity contribution in [3.63, 3.8) is 0 Å². The molecule has 3 heteroatoms. The van der Waals surface area contributed by atoms with Gasteiger partial charge in [-0.25, -0.2) is 9.37 Å². The van der Waals surface area contributed by atoms with Crippen LogP contribution in [0.25, 0.3) is 23.2 Å². The zero-order valence-corrected chi connectivity index (χ0v) is 13.6. The maximum atomic E-state index is 14.1. The summed E-state index contributed by atoms with van der Waals surface area (Å²) >= 11 is 0. The van der Waals surface area contributed by atoms with Gasteiger partial charge in [0.25, 0.3) is 0 Å². The van der Waals surface area contributed by atoms with Gasteiger partial charge in [-0.1, -0.05) is 66.7 Å². The number of para-hydroxylation sites is 2. The molecule has 0 fully saturated rings. The minimum atomic E-state index is -0.196. The summed E-state index contributed by atoms with van der Waals surface area (Å²) in [7, 11) is 0. The average molecular weight is 328 g/mol. The molecule has 0 aliphatic heterocycles. The molecule has 0 saturated carbocycles. The van der Waals surface area contributed by atoms with Gasteiger partial charge in [0.1, 0.15) is 11.6 Å². The number of aromatic nitrogens is 2. The molecule has 1 heterocycles. The fraction of sp³-hybridized carbons (Fsp3) is 0.0455. The van der Waals surface area contributed by atoms with Crippen molar-refractivity contribution in [2.24, 2.45) is 0 Å². The summed E-state index contributed by atoms with van der Waals surface area (Å²) in [6.07, 6.45) is 4.01. The zero-order chi connectivity index (χ0) is 17.1. The maximum Gasteiger partial charge on any atom is 0.134 e. The van der Waals surface area contributed by atoms with Crippen LogP contribution in [-0.2, 0) is 6.54 Å². The Kier molecular flexibility index (Phi) is 4.13. The number of hydrogen-bond acceptors (Lipinski definition) is 1. The van der Waals surface area contributed by atoms with Gasteiger partial charge in [-0.05, 0) is 29.8 Å². The number of hydrogen-bond donors (Lipinski definition) is 0. The Hall–Kier alpha value is -3.20. The molecule has 4 aromatic rings. The molecular weight excluding hydrogens is 311 g/mol. The van der Waals surface area contributed by atoms with E-state index in [1.54, 1.807) is 6.07 Å². The standard InChI is InChI=1S/C22H17FN2/c23-19-11-5-4-10-18(19)16-25-21-13-7-6-12-20(21)24-22(25)15-14-17-8-2-1-3-9-17/h1-15H,16H2. The summed E-state index contributed by atoms with van der Waals surface area (Å²) in [6, 6.07) is 24.9. The highest BCUT2D eigenvalue weighted by atomic mass is 19.1. The highest BCUT2D eigenvalue weighted by Gasteiger charge is 2.10. The second-order valence-electron chi connectivity index (χ2n) is 5.88. The van der Waals surface area contributed by atoms with Crippen LogP contribution in [0.4, 0.5) is 4.39 Å². The van der Waals surface area contributed by atoms with Crippen LogP contribution >= 0.6 is 0 Å². The van der Waals surface area contributed by atoms with Gasteiger partial charge in [-0.3, -0.25) is 0 Å². The van der Waals surface area contributed by atoms with Crippen LogP contribution in [0.2, 0.25) is 0 Å². The van der Waals surface area contributed by atoms with Gasteiger partial charge in [0, 0.05) is 5.56 Å². The molecule has 2 nitrogen and oxygen atoms in total. The van der Waals surface area contributed by atoms with Crippen molar-refractivity contribution in [3.05, 3.63) is 102 Å². The van der Waals surface area contributed by atoms with Crippen LogP contribution in [0.15, 0.2) is 78.9 Å². The van der Waals surface area contributed by atoms with E-state index in [1.165, 1.54) is 6.07 Å². The van der Waals surface area contributed by atoms with E-state index in [2.05, 4.69) is 0 Å². The predicted octanol–water partition coefficient (Wildman–Crippen LogP) is 5.39. The predicted molar refractivity (Wildman–Crippen MR) is 101 cm³/mol. The van der Waals surface area contributed by atoms with E-state index >= 15 is 0 Å². The van der Waals surface area contributed by atoms with Gasteiger partial charge in [0.05, 0.1) is 17.6 Å². The first kappa shape index (κ1) is 15.3. The molecule has 0 aliphatic rings. The number of rotatable bonds is 4. The van der Waals surface area contributed by atoms with E-state index in [4.69, 9.17) is 4.98 Å². The molecule has 0 aliphatic carbocycles. The van der Waals surface area contributed by atoms with Crippen LogP contribution in [0.3, 0.4) is 0 Å². The monoisotopic (exact) mass is 328 g/mol. The van der Waals surface area contributed by atoms with Crippen LogP contribution in [0.1, 0.15) is 17.0 Å². The number of benzene rings is 3. The van der Waals surface area contributed by atoms with Gasteiger partial charge in [-0.15, -0.1) is 0 Å². The SMILES string of the molecule is Fc1ccccc1Cn1c(C=Cc2ccccc2)nc2ccccc21. The molecule has 4 rings (SSSR count). The highest BCUT2D eigenvalue weighted by Crippen LogP contribution is 2.20. The van der Waals surface area contributed by atoms with E-state index in [1.807, 2.05) is 83.4 Å². The number of imidazole rings is 1. The lowest BCUT2D eigenvalue weighted by Crippen LogP contribution is -2.04. The van der Waals surface area contributed by atoms with Gasteiger partial charge in [0.15, 0.2) is 0 Å². The number of halogens is 1. The quantitative estimate of drug-likeness (QED) is 0.491. The smallest absolute Gasteiger partial charge is 0.134 e. The third-order valence-corrected chi connectivity index (χ3v) is 4.19. The molecule has 0 atom stereocenters. The lowest BCUT2D eigenvalue weighted by atomic mass is 10.2. The van der Waals surface area contributed by atoms with Crippen molar-refractivity contribution in [2.75, 3.05) is 0 Å². The largest absolute Gasteiger partial charge is 0.320 e. The second-order valence-corrected chi connectivity index (χ2v) is 5.88. The Balaban J connectivity index is 1.78. The fourth-order valence-electron chi connectivity index (χ4n) is 2.92. The molecular formula is C22H17FN2. The first-order chi connectivity index (χ1) is 12.3. The fourth-order valence-corrected chi connectivity index (χ4v) is 2.92. The Labute approximate surface area is 145 Å². The molecule has 122 valence electrons. The van der Waals surface area contributed by atoms with Crippen LogP contribution < -0.4 is 0 Å². The van der Waals surface area contributed by atoms with Gasteiger partial charge in [0.2, 0.25) is 0 Å². The molecule has 0 radical (unpaired) electrons. The molecule has 0 saturated heterocycles. The molecule has 0 amide bonds. The second kappa shape index (κ2) is 6.73. The molecule has 25 heavy (non-hydrogen) atoms. The Morgan fingerprint density at radius 1 is 0.800 bits per heavy atom. The molecule has 0 spiro atoms. The first-order valence-electron chi connectivity index (χ1n) is 8.23. The van der Waals surface area contributed by atoms with Gasteiger partial charge >= 0.3 is 0 Å². The van der Waals surface area contributed by atoms with Crippen molar-refractivity contribution in [2.45, 2.75) is 6.54 Å². The van der Waals surface area contributed by atoms with E-state index in [-0.39, 0.29) is 5.82 Å². The summed E-state index contributed by atoms with van der Waals surface area (Å²) in [5.74, 6) is 0.617. The summed E-state index contributed by atoms with van der Waals surface area (Å²) < 4.78 is 16.2. The van der Waals surface area contributed by atoms with Gasteiger partial charge < -0.3 is 4.57 Å². The van der Waals surface area contributed by atoms with Crippen molar-refractivity contribution in [1.82, 2.24) is 9.55 Å². The Morgan fingerprint density at radius 2 is 1.52 bits per heavy atom. The normalized spacial score (nSPS) is 11.4. The van der Waals surface area contributed by atoms with E-state index in [0.29, 0.717) is 12.1 Å². The Bertz CT molecular complexity index is 1030. The average Bonchev–Trinajstić information content (AvgIpc) is 3.00. The topological polar surface area (TPSA) is 17.8 Å². The third-order valence-electron chi connectivity index (χ3n) is 4.19. The van der Waals surface area contributed by atoms with E-state index < -0.39 is 0 Å². The lowest BCUT2D eigenvalue weighted by molar-refractivity contribution is 0.601. The summed E-state index contributed by atoms with van der Waals surface area (Å²) in [4.78, 5) is 4.71. The highest BCUT2D eigenvalue weighted by molar-refractivity contribution is 5.80. The first-order valence-corrected chi connectivity index (χ1v) is 8.23. The Morgan fingerprint density at radius 3 is 2.36 bits per heavy atom. The van der Waals surface area contributed by atoms with Gasteiger partial charge in [-0.2, -0.15) is 0 Å². The third kappa shape index (κ3) is 3.22. The zero-order valence-electron chi connectivity index (χ0n) is 13.6. The number of nitrogens with zero attached hydrogens (tertiary/aromatic N) is 2.